The van der Waals surface area contributed by atoms with Crippen LogP contribution in [0.3, 0.4) is 0 Å². The average Bonchev–Trinajstić information content (AvgIpc) is 3.13. The van der Waals surface area contributed by atoms with Gasteiger partial charge in [0.05, 0.1) is 6.04 Å². The maximum Gasteiger partial charge on any atom is 0.223 e. The fraction of sp³-hybridized carbons (Fsp3) is 0.462. The minimum absolute atomic E-state index is 0.241. The minimum Gasteiger partial charge on any atom is -0.349 e. The first-order valence-electron chi connectivity index (χ1n) is 5.87. The number of fused-ring (bicyclic) bond motifs is 1. The van der Waals surface area contributed by atoms with Crippen LogP contribution >= 0.6 is 11.8 Å². The monoisotopic (exact) mass is 233 g/mol. The number of hydrogen-bond acceptors (Lipinski definition) is 2. The van der Waals surface area contributed by atoms with Gasteiger partial charge in [0.1, 0.15) is 0 Å². The molecular weight excluding hydrogens is 218 g/mol. The van der Waals surface area contributed by atoms with Crippen molar-refractivity contribution < 1.29 is 4.79 Å². The third kappa shape index (κ3) is 1.96. The first-order valence-corrected chi connectivity index (χ1v) is 6.85. The summed E-state index contributed by atoms with van der Waals surface area (Å²) in [7, 11) is 0. The Kier molecular flexibility index (Phi) is 2.64. The molecule has 3 heteroatoms. The lowest BCUT2D eigenvalue weighted by Gasteiger charge is -2.25. The van der Waals surface area contributed by atoms with Crippen LogP contribution < -0.4 is 5.32 Å². The van der Waals surface area contributed by atoms with Crippen molar-refractivity contribution in [1.29, 1.82) is 0 Å². The molecule has 0 saturated heterocycles. The molecular formula is C13H15NOS. The van der Waals surface area contributed by atoms with Gasteiger partial charge in [0.25, 0.3) is 0 Å². The van der Waals surface area contributed by atoms with Crippen LogP contribution in [0.5, 0.6) is 0 Å². The van der Waals surface area contributed by atoms with Crippen molar-refractivity contribution in [3.8, 4) is 0 Å². The fourth-order valence-electron chi connectivity index (χ4n) is 2.13. The molecule has 1 aliphatic carbocycles. The minimum atomic E-state index is 0.241. The highest BCUT2D eigenvalue weighted by Crippen LogP contribution is 2.37. The fourth-order valence-corrected chi connectivity index (χ4v) is 3.25. The lowest BCUT2D eigenvalue weighted by atomic mass is 10.0. The van der Waals surface area contributed by atoms with E-state index in [-0.39, 0.29) is 11.9 Å². The van der Waals surface area contributed by atoms with E-state index in [9.17, 15) is 4.79 Å². The van der Waals surface area contributed by atoms with Crippen LogP contribution in [0.25, 0.3) is 0 Å². The highest BCUT2D eigenvalue weighted by molar-refractivity contribution is 7.99. The van der Waals surface area contributed by atoms with Gasteiger partial charge >= 0.3 is 0 Å². The van der Waals surface area contributed by atoms with Crippen LogP contribution in [0.2, 0.25) is 0 Å². The number of nitrogens with one attached hydrogen (secondary N) is 1. The molecule has 1 heterocycles. The van der Waals surface area contributed by atoms with Crippen LogP contribution in [0, 0.1) is 5.92 Å². The highest BCUT2D eigenvalue weighted by Gasteiger charge is 2.32. The second-order valence-electron chi connectivity index (χ2n) is 4.51. The Bertz CT molecular complexity index is 414. The van der Waals surface area contributed by atoms with Crippen LogP contribution in [-0.2, 0) is 4.79 Å². The molecule has 1 aromatic rings. The van der Waals surface area contributed by atoms with Crippen LogP contribution in [0.15, 0.2) is 29.2 Å². The Morgan fingerprint density at radius 1 is 1.25 bits per heavy atom. The highest BCUT2D eigenvalue weighted by atomic mass is 32.2. The van der Waals surface area contributed by atoms with Crippen LogP contribution in [0.4, 0.5) is 0 Å². The van der Waals surface area contributed by atoms with Gasteiger partial charge in [-0.25, -0.2) is 0 Å². The van der Waals surface area contributed by atoms with Gasteiger partial charge in [0.15, 0.2) is 0 Å². The average molecular weight is 233 g/mol. The number of thioether (sulfide) groups is 1. The van der Waals surface area contributed by atoms with E-state index < -0.39 is 0 Å². The standard InChI is InChI=1S/C13H15NOS/c15-13(9-5-6-9)14-11-7-8-16-12-4-2-1-3-10(11)12/h1-4,9,11H,5-8H2,(H,14,15)/t11-/m0/s1. The first kappa shape index (κ1) is 10.2. The Morgan fingerprint density at radius 2 is 2.06 bits per heavy atom. The zero-order chi connectivity index (χ0) is 11.0. The molecule has 0 bridgehead atoms. The van der Waals surface area contributed by atoms with Crippen molar-refractivity contribution in [3.63, 3.8) is 0 Å². The summed E-state index contributed by atoms with van der Waals surface area (Å²) in [5.41, 5.74) is 1.30. The summed E-state index contributed by atoms with van der Waals surface area (Å²) in [5, 5.41) is 3.18. The van der Waals surface area contributed by atoms with E-state index in [0.717, 1.165) is 25.0 Å². The molecule has 1 N–H and O–H groups in total. The van der Waals surface area contributed by atoms with E-state index in [4.69, 9.17) is 0 Å². The number of rotatable bonds is 2. The summed E-state index contributed by atoms with van der Waals surface area (Å²) >= 11 is 1.89. The number of hydrogen-bond donors (Lipinski definition) is 1. The van der Waals surface area contributed by atoms with Crippen LogP contribution in [0.1, 0.15) is 30.9 Å². The van der Waals surface area contributed by atoms with Gasteiger partial charge in [-0.05, 0) is 30.9 Å². The third-order valence-electron chi connectivity index (χ3n) is 3.22. The first-order chi connectivity index (χ1) is 7.84. The van der Waals surface area contributed by atoms with Crippen LogP contribution in [-0.4, -0.2) is 11.7 Å². The van der Waals surface area contributed by atoms with E-state index in [1.165, 1.54) is 10.5 Å². The summed E-state index contributed by atoms with van der Waals surface area (Å²) in [5.74, 6) is 1.67. The van der Waals surface area contributed by atoms with E-state index in [2.05, 4.69) is 29.6 Å². The summed E-state index contributed by atoms with van der Waals surface area (Å²) < 4.78 is 0. The molecule has 1 aliphatic heterocycles. The number of amides is 1. The maximum absolute atomic E-state index is 11.8. The number of benzene rings is 1. The van der Waals surface area contributed by atoms with Gasteiger partial charge in [-0.15, -0.1) is 11.8 Å². The molecule has 0 radical (unpaired) electrons. The third-order valence-corrected chi connectivity index (χ3v) is 4.35. The molecule has 0 aromatic heterocycles. The van der Waals surface area contributed by atoms with E-state index in [1.807, 2.05) is 11.8 Å². The van der Waals surface area contributed by atoms with Crippen molar-refractivity contribution >= 4 is 17.7 Å². The second kappa shape index (κ2) is 4.13. The number of carbonyl (C=O) groups is 1. The predicted molar refractivity (Wildman–Crippen MR) is 65.4 cm³/mol. The van der Waals surface area contributed by atoms with E-state index >= 15 is 0 Å². The molecule has 2 aliphatic rings. The molecule has 2 nitrogen and oxygen atoms in total. The Balaban J connectivity index is 1.78. The molecule has 3 rings (SSSR count). The van der Waals surface area contributed by atoms with Crippen molar-refractivity contribution in [1.82, 2.24) is 5.32 Å². The molecule has 1 fully saturated rings. The molecule has 1 amide bonds. The molecule has 0 spiro atoms. The topological polar surface area (TPSA) is 29.1 Å². The van der Waals surface area contributed by atoms with Crippen molar-refractivity contribution in [3.05, 3.63) is 29.8 Å². The summed E-state index contributed by atoms with van der Waals surface area (Å²) in [6.45, 7) is 0. The van der Waals surface area contributed by atoms with Gasteiger partial charge in [-0.3, -0.25) is 4.79 Å². The Labute approximate surface area is 99.8 Å². The lowest BCUT2D eigenvalue weighted by Crippen LogP contribution is -2.31. The van der Waals surface area contributed by atoms with E-state index in [0.29, 0.717) is 5.92 Å². The molecule has 16 heavy (non-hydrogen) atoms. The SMILES string of the molecule is O=C(N[C@H]1CCSc2ccccc21)C1CC1. The van der Waals surface area contributed by atoms with Gasteiger partial charge in [-0.1, -0.05) is 18.2 Å². The van der Waals surface area contributed by atoms with Gasteiger partial charge in [0, 0.05) is 16.6 Å². The predicted octanol–water partition coefficient (Wildman–Crippen LogP) is 2.75. The van der Waals surface area contributed by atoms with Gasteiger partial charge in [-0.2, -0.15) is 0 Å². The zero-order valence-corrected chi connectivity index (χ0v) is 9.93. The molecule has 84 valence electrons. The summed E-state index contributed by atoms with van der Waals surface area (Å²) in [6.07, 6.45) is 3.21. The smallest absolute Gasteiger partial charge is 0.223 e. The molecule has 1 atom stereocenters. The quantitative estimate of drug-likeness (QED) is 0.851. The Hall–Kier alpha value is -0.960. The van der Waals surface area contributed by atoms with E-state index in [1.54, 1.807) is 0 Å². The Morgan fingerprint density at radius 3 is 2.88 bits per heavy atom. The maximum atomic E-state index is 11.8. The van der Waals surface area contributed by atoms with Crippen molar-refractivity contribution in [2.45, 2.75) is 30.2 Å². The van der Waals surface area contributed by atoms with Crippen molar-refractivity contribution in [2.75, 3.05) is 5.75 Å². The zero-order valence-electron chi connectivity index (χ0n) is 9.11. The normalized spacial score (nSPS) is 23.6. The molecule has 1 aromatic carbocycles. The van der Waals surface area contributed by atoms with Crippen molar-refractivity contribution in [2.24, 2.45) is 5.92 Å². The second-order valence-corrected chi connectivity index (χ2v) is 5.65. The molecule has 1 saturated carbocycles. The van der Waals surface area contributed by atoms with Gasteiger partial charge < -0.3 is 5.32 Å². The lowest BCUT2D eigenvalue weighted by molar-refractivity contribution is -0.123. The molecule has 0 unspecified atom stereocenters. The van der Waals surface area contributed by atoms with Gasteiger partial charge in [0.2, 0.25) is 5.91 Å². The summed E-state index contributed by atoms with van der Waals surface area (Å²) in [4.78, 5) is 13.1. The summed E-state index contributed by atoms with van der Waals surface area (Å²) in [6, 6.07) is 8.65. The largest absolute Gasteiger partial charge is 0.349 e. The number of carbonyl (C=O) groups excluding carboxylic acids is 1.